The van der Waals surface area contributed by atoms with Gasteiger partial charge in [0.1, 0.15) is 0 Å². The molecule has 1 aromatic carbocycles. The molecular formula is C13H13N3O4. The van der Waals surface area contributed by atoms with Crippen LogP contribution in [0.3, 0.4) is 0 Å². The van der Waals surface area contributed by atoms with E-state index in [0.29, 0.717) is 16.8 Å². The topological polar surface area (TPSA) is 101 Å². The number of Topliss-reactive ketones (excluding diaryl/α,β-unsaturated/α-hetero) is 1. The fraction of sp³-hybridized carbons (Fsp3) is 0.231. The number of nitrogens with zero attached hydrogens (tertiary/aromatic N) is 1. The van der Waals surface area contributed by atoms with Crippen LogP contribution < -0.4 is 10.6 Å². The van der Waals surface area contributed by atoms with E-state index < -0.39 is 17.0 Å². The third kappa shape index (κ3) is 2.51. The molecule has 0 aromatic heterocycles. The number of benzene rings is 1. The molecular weight excluding hydrogens is 262 g/mol. The zero-order chi connectivity index (χ0) is 14.9. The van der Waals surface area contributed by atoms with Gasteiger partial charge >= 0.3 is 6.03 Å². The zero-order valence-electron chi connectivity index (χ0n) is 11.0. The number of rotatable bonds is 3. The first-order valence-electron chi connectivity index (χ1n) is 5.93. The minimum Gasteiger partial charge on any atom is -0.327 e. The van der Waals surface area contributed by atoms with Gasteiger partial charge in [-0.1, -0.05) is 12.1 Å². The van der Waals surface area contributed by atoms with Crippen molar-refractivity contribution in [1.82, 2.24) is 10.6 Å². The molecule has 1 unspecified atom stereocenters. The summed E-state index contributed by atoms with van der Waals surface area (Å²) in [5.74, 6) is -0.202. The van der Waals surface area contributed by atoms with Crippen molar-refractivity contribution >= 4 is 17.5 Å². The molecule has 1 heterocycles. The molecule has 1 aliphatic rings. The number of hydrogen-bond acceptors (Lipinski definition) is 4. The molecule has 1 aliphatic heterocycles. The zero-order valence-corrected chi connectivity index (χ0v) is 11.0. The third-order valence-corrected chi connectivity index (χ3v) is 3.06. The number of ketones is 1. The van der Waals surface area contributed by atoms with Crippen LogP contribution >= 0.6 is 0 Å². The summed E-state index contributed by atoms with van der Waals surface area (Å²) < 4.78 is 0. The Hall–Kier alpha value is -2.70. The van der Waals surface area contributed by atoms with Crippen molar-refractivity contribution in [3.05, 3.63) is 51.2 Å². The van der Waals surface area contributed by atoms with Crippen LogP contribution in [0.25, 0.3) is 0 Å². The average Bonchev–Trinajstić information content (AvgIpc) is 2.37. The number of amides is 2. The summed E-state index contributed by atoms with van der Waals surface area (Å²) in [6.45, 7) is 3.02. The van der Waals surface area contributed by atoms with Gasteiger partial charge in [0.05, 0.1) is 11.0 Å². The first-order chi connectivity index (χ1) is 9.40. The predicted molar refractivity (Wildman–Crippen MR) is 70.9 cm³/mol. The van der Waals surface area contributed by atoms with Crippen molar-refractivity contribution in [2.75, 3.05) is 0 Å². The first kappa shape index (κ1) is 13.7. The van der Waals surface area contributed by atoms with Gasteiger partial charge in [-0.3, -0.25) is 14.9 Å². The number of nitro benzene ring substituents is 1. The van der Waals surface area contributed by atoms with Crippen LogP contribution in [0.15, 0.2) is 35.5 Å². The largest absolute Gasteiger partial charge is 0.327 e. The lowest BCUT2D eigenvalue weighted by atomic mass is 9.93. The molecule has 2 N–H and O–H groups in total. The summed E-state index contributed by atoms with van der Waals surface area (Å²) in [4.78, 5) is 33.6. The molecule has 20 heavy (non-hydrogen) atoms. The second kappa shape index (κ2) is 5.12. The summed E-state index contributed by atoms with van der Waals surface area (Å²) in [5.41, 5.74) is 1.26. The minimum absolute atomic E-state index is 0.0872. The Balaban J connectivity index is 2.51. The van der Waals surface area contributed by atoms with Gasteiger partial charge in [-0.15, -0.1) is 0 Å². The van der Waals surface area contributed by atoms with E-state index in [2.05, 4.69) is 10.6 Å². The van der Waals surface area contributed by atoms with Gasteiger partial charge in [0.15, 0.2) is 5.78 Å². The van der Waals surface area contributed by atoms with Gasteiger partial charge in [-0.2, -0.15) is 0 Å². The molecule has 0 aliphatic carbocycles. The number of non-ortho nitro benzene ring substituents is 1. The maximum absolute atomic E-state index is 11.7. The lowest BCUT2D eigenvalue weighted by Crippen LogP contribution is -2.44. The highest BCUT2D eigenvalue weighted by molar-refractivity contribution is 5.98. The van der Waals surface area contributed by atoms with Crippen LogP contribution in [0.4, 0.5) is 10.5 Å². The van der Waals surface area contributed by atoms with E-state index in [1.165, 1.54) is 25.1 Å². The highest BCUT2D eigenvalue weighted by atomic mass is 16.6. The standard InChI is InChI=1S/C13H13N3O4/c1-7-11(8(2)17)12(15-13(18)14-7)9-4-3-5-10(6-9)16(19)20/h3-6,12H,1-2H3,(H2,14,15,18). The van der Waals surface area contributed by atoms with E-state index in [9.17, 15) is 19.7 Å². The van der Waals surface area contributed by atoms with Crippen LogP contribution in [-0.4, -0.2) is 16.7 Å². The fourth-order valence-corrected chi connectivity index (χ4v) is 2.23. The summed E-state index contributed by atoms with van der Waals surface area (Å²) >= 11 is 0. The van der Waals surface area contributed by atoms with E-state index in [1.807, 2.05) is 0 Å². The second-order valence-corrected chi connectivity index (χ2v) is 4.48. The van der Waals surface area contributed by atoms with Gasteiger partial charge in [-0.05, 0) is 19.4 Å². The van der Waals surface area contributed by atoms with Gasteiger partial charge < -0.3 is 10.6 Å². The molecule has 7 heteroatoms. The Labute approximate surface area is 114 Å². The highest BCUT2D eigenvalue weighted by Gasteiger charge is 2.29. The predicted octanol–water partition coefficient (Wildman–Crippen LogP) is 1.81. The Morgan fingerprint density at radius 1 is 1.40 bits per heavy atom. The van der Waals surface area contributed by atoms with Crippen molar-refractivity contribution in [3.8, 4) is 0 Å². The Bertz CT molecular complexity index is 636. The number of nitrogens with one attached hydrogen (secondary N) is 2. The van der Waals surface area contributed by atoms with Crippen LogP contribution in [0.1, 0.15) is 25.5 Å². The fourth-order valence-electron chi connectivity index (χ4n) is 2.23. The normalized spacial score (nSPS) is 18.3. The van der Waals surface area contributed by atoms with Crippen LogP contribution in [0.5, 0.6) is 0 Å². The Kier molecular flexibility index (Phi) is 3.51. The third-order valence-electron chi connectivity index (χ3n) is 3.06. The van der Waals surface area contributed by atoms with Crippen molar-refractivity contribution in [1.29, 1.82) is 0 Å². The molecule has 7 nitrogen and oxygen atoms in total. The summed E-state index contributed by atoms with van der Waals surface area (Å²) in [6, 6.07) is 4.75. The van der Waals surface area contributed by atoms with Gasteiger partial charge in [-0.25, -0.2) is 4.79 Å². The molecule has 104 valence electrons. The SMILES string of the molecule is CC(=O)C1=C(C)NC(=O)NC1c1cccc([N+](=O)[O-])c1. The first-order valence-corrected chi connectivity index (χ1v) is 5.93. The van der Waals surface area contributed by atoms with Gasteiger partial charge in [0.2, 0.25) is 0 Å². The van der Waals surface area contributed by atoms with E-state index in [0.717, 1.165) is 0 Å². The van der Waals surface area contributed by atoms with Crippen LogP contribution in [-0.2, 0) is 4.79 Å². The lowest BCUT2D eigenvalue weighted by molar-refractivity contribution is -0.384. The number of allylic oxidation sites excluding steroid dienone is 1. The average molecular weight is 275 g/mol. The van der Waals surface area contributed by atoms with Crippen LogP contribution in [0.2, 0.25) is 0 Å². The molecule has 1 aromatic rings. The van der Waals surface area contributed by atoms with Gasteiger partial charge in [0.25, 0.3) is 5.69 Å². The van der Waals surface area contributed by atoms with Crippen molar-refractivity contribution < 1.29 is 14.5 Å². The molecule has 0 radical (unpaired) electrons. The van der Waals surface area contributed by atoms with Crippen LogP contribution in [0, 0.1) is 10.1 Å². The minimum atomic E-state index is -0.679. The molecule has 0 saturated heterocycles. The van der Waals surface area contributed by atoms with E-state index in [-0.39, 0.29) is 11.5 Å². The number of urea groups is 1. The molecule has 2 rings (SSSR count). The Morgan fingerprint density at radius 2 is 2.10 bits per heavy atom. The maximum Gasteiger partial charge on any atom is 0.319 e. The van der Waals surface area contributed by atoms with E-state index in [4.69, 9.17) is 0 Å². The summed E-state index contributed by atoms with van der Waals surface area (Å²) in [7, 11) is 0. The summed E-state index contributed by atoms with van der Waals surface area (Å²) in [5, 5.41) is 15.9. The van der Waals surface area contributed by atoms with E-state index >= 15 is 0 Å². The molecule has 1 atom stereocenters. The molecule has 0 spiro atoms. The number of carbonyl (C=O) groups is 2. The molecule has 0 bridgehead atoms. The number of hydrogen-bond donors (Lipinski definition) is 2. The Morgan fingerprint density at radius 3 is 2.70 bits per heavy atom. The monoisotopic (exact) mass is 275 g/mol. The van der Waals surface area contributed by atoms with Crippen molar-refractivity contribution in [2.45, 2.75) is 19.9 Å². The van der Waals surface area contributed by atoms with Gasteiger partial charge in [0, 0.05) is 23.4 Å². The molecule has 0 saturated carbocycles. The lowest BCUT2D eigenvalue weighted by Gasteiger charge is -2.27. The van der Waals surface area contributed by atoms with E-state index in [1.54, 1.807) is 13.0 Å². The highest BCUT2D eigenvalue weighted by Crippen LogP contribution is 2.29. The number of nitro groups is 1. The number of carbonyl (C=O) groups excluding carboxylic acids is 2. The molecule has 2 amide bonds. The quantitative estimate of drug-likeness (QED) is 0.648. The second-order valence-electron chi connectivity index (χ2n) is 4.48. The maximum atomic E-state index is 11.7. The smallest absolute Gasteiger partial charge is 0.319 e. The van der Waals surface area contributed by atoms with Crippen molar-refractivity contribution in [3.63, 3.8) is 0 Å². The molecule has 0 fully saturated rings. The van der Waals surface area contributed by atoms with Crippen molar-refractivity contribution in [2.24, 2.45) is 0 Å². The summed E-state index contributed by atoms with van der Waals surface area (Å²) in [6.07, 6.45) is 0.